The van der Waals surface area contributed by atoms with Crippen LogP contribution in [-0.2, 0) is 4.74 Å². The molecule has 2 aliphatic heterocycles. The Labute approximate surface area is 156 Å². The molecule has 1 saturated heterocycles. The van der Waals surface area contributed by atoms with Crippen LogP contribution in [0.3, 0.4) is 0 Å². The fourth-order valence-corrected chi connectivity index (χ4v) is 3.46. The van der Waals surface area contributed by atoms with E-state index in [1.54, 1.807) is 30.3 Å². The molecule has 4 rings (SSSR count). The van der Waals surface area contributed by atoms with Crippen molar-refractivity contribution in [2.24, 2.45) is 0 Å². The molecular formula is C20H21FN2O4. The number of carbonyl (C=O) groups excluding carboxylic acids is 1. The van der Waals surface area contributed by atoms with Gasteiger partial charge in [0, 0.05) is 24.3 Å². The zero-order valence-corrected chi connectivity index (χ0v) is 15.2. The van der Waals surface area contributed by atoms with E-state index in [0.29, 0.717) is 41.5 Å². The van der Waals surface area contributed by atoms with E-state index >= 15 is 0 Å². The van der Waals surface area contributed by atoms with Crippen molar-refractivity contribution in [2.45, 2.75) is 26.1 Å². The standard InChI is InChI=1S/C20H21FN2O4/c1-12-9-23(10-13(2)27-12)17-5-4-15(8-16(17)21)22-20(24)14-3-6-18-19(7-14)26-11-25-18/h3-8,12-13H,9-11H2,1-2H3,(H,22,24)/t12-,13-/m0/s1. The number of hydrogen-bond acceptors (Lipinski definition) is 5. The second kappa shape index (κ2) is 7.08. The average Bonchev–Trinajstić information content (AvgIpc) is 3.08. The molecule has 0 radical (unpaired) electrons. The van der Waals surface area contributed by atoms with Crippen LogP contribution in [0.25, 0.3) is 0 Å². The maximum absolute atomic E-state index is 14.7. The number of halogens is 1. The summed E-state index contributed by atoms with van der Waals surface area (Å²) in [5.74, 6) is 0.421. The number of anilines is 2. The molecule has 6 nitrogen and oxygen atoms in total. The molecule has 0 saturated carbocycles. The molecule has 27 heavy (non-hydrogen) atoms. The van der Waals surface area contributed by atoms with Crippen molar-refractivity contribution in [3.8, 4) is 11.5 Å². The lowest BCUT2D eigenvalue weighted by Crippen LogP contribution is -2.45. The van der Waals surface area contributed by atoms with Crippen LogP contribution >= 0.6 is 0 Å². The predicted molar refractivity (Wildman–Crippen MR) is 99.1 cm³/mol. The van der Waals surface area contributed by atoms with Gasteiger partial charge in [0.1, 0.15) is 5.82 Å². The van der Waals surface area contributed by atoms with Gasteiger partial charge in [-0.25, -0.2) is 4.39 Å². The number of amides is 1. The summed E-state index contributed by atoms with van der Waals surface area (Å²) in [5.41, 5.74) is 1.32. The highest BCUT2D eigenvalue weighted by atomic mass is 19.1. The predicted octanol–water partition coefficient (Wildman–Crippen LogP) is 3.42. The third-order valence-corrected chi connectivity index (χ3v) is 4.60. The lowest BCUT2D eigenvalue weighted by molar-refractivity contribution is -0.00539. The SMILES string of the molecule is C[C@H]1CN(c2ccc(NC(=O)c3ccc4c(c3)OCO4)cc2F)C[C@H](C)O1. The number of carbonyl (C=O) groups is 1. The molecule has 0 unspecified atom stereocenters. The second-order valence-electron chi connectivity index (χ2n) is 6.85. The van der Waals surface area contributed by atoms with Crippen molar-refractivity contribution in [1.82, 2.24) is 0 Å². The number of ether oxygens (including phenoxy) is 3. The van der Waals surface area contributed by atoms with Gasteiger partial charge in [-0.2, -0.15) is 0 Å². The van der Waals surface area contributed by atoms with Crippen molar-refractivity contribution < 1.29 is 23.4 Å². The van der Waals surface area contributed by atoms with Gasteiger partial charge in [-0.15, -0.1) is 0 Å². The first-order chi connectivity index (χ1) is 13.0. The Balaban J connectivity index is 1.48. The summed E-state index contributed by atoms with van der Waals surface area (Å²) in [7, 11) is 0. The Morgan fingerprint density at radius 1 is 1.07 bits per heavy atom. The van der Waals surface area contributed by atoms with Crippen molar-refractivity contribution in [3.63, 3.8) is 0 Å². The van der Waals surface area contributed by atoms with Crippen molar-refractivity contribution in [1.29, 1.82) is 0 Å². The third kappa shape index (κ3) is 3.68. The zero-order chi connectivity index (χ0) is 19.0. The lowest BCUT2D eigenvalue weighted by Gasteiger charge is -2.37. The van der Waals surface area contributed by atoms with E-state index in [1.165, 1.54) is 6.07 Å². The minimum absolute atomic E-state index is 0.0403. The van der Waals surface area contributed by atoms with Crippen LogP contribution in [0.5, 0.6) is 11.5 Å². The molecule has 1 fully saturated rings. The molecule has 2 aliphatic rings. The Hall–Kier alpha value is -2.80. The highest BCUT2D eigenvalue weighted by molar-refractivity contribution is 6.04. The van der Waals surface area contributed by atoms with E-state index in [1.807, 2.05) is 18.7 Å². The quantitative estimate of drug-likeness (QED) is 0.895. The Morgan fingerprint density at radius 3 is 2.56 bits per heavy atom. The number of nitrogens with one attached hydrogen (secondary N) is 1. The van der Waals surface area contributed by atoms with Gasteiger partial charge in [0.15, 0.2) is 11.5 Å². The lowest BCUT2D eigenvalue weighted by atomic mass is 10.1. The smallest absolute Gasteiger partial charge is 0.255 e. The highest BCUT2D eigenvalue weighted by Gasteiger charge is 2.24. The molecule has 0 bridgehead atoms. The van der Waals surface area contributed by atoms with E-state index in [9.17, 15) is 9.18 Å². The zero-order valence-electron chi connectivity index (χ0n) is 15.2. The Bertz CT molecular complexity index is 863. The van der Waals surface area contributed by atoms with Crippen LogP contribution < -0.4 is 19.7 Å². The van der Waals surface area contributed by atoms with Crippen LogP contribution in [0, 0.1) is 5.82 Å². The molecule has 142 valence electrons. The third-order valence-electron chi connectivity index (χ3n) is 4.60. The van der Waals surface area contributed by atoms with Gasteiger partial charge in [-0.1, -0.05) is 0 Å². The van der Waals surface area contributed by atoms with Crippen LogP contribution in [0.1, 0.15) is 24.2 Å². The summed E-state index contributed by atoms with van der Waals surface area (Å²) >= 11 is 0. The number of benzene rings is 2. The van der Waals surface area contributed by atoms with Crippen LogP contribution in [0.4, 0.5) is 15.8 Å². The fourth-order valence-electron chi connectivity index (χ4n) is 3.46. The van der Waals surface area contributed by atoms with E-state index < -0.39 is 0 Å². The molecular weight excluding hydrogens is 351 g/mol. The van der Waals surface area contributed by atoms with Gasteiger partial charge in [-0.3, -0.25) is 4.79 Å². The summed E-state index contributed by atoms with van der Waals surface area (Å²) in [6, 6.07) is 9.67. The summed E-state index contributed by atoms with van der Waals surface area (Å²) < 4.78 is 30.9. The van der Waals surface area contributed by atoms with E-state index in [4.69, 9.17) is 14.2 Å². The largest absolute Gasteiger partial charge is 0.454 e. The van der Waals surface area contributed by atoms with Crippen LogP contribution in [-0.4, -0.2) is 38.0 Å². The van der Waals surface area contributed by atoms with Crippen molar-refractivity contribution in [3.05, 3.63) is 47.8 Å². The fraction of sp³-hybridized carbons (Fsp3) is 0.350. The van der Waals surface area contributed by atoms with E-state index in [2.05, 4.69) is 5.32 Å². The Morgan fingerprint density at radius 2 is 1.81 bits per heavy atom. The first-order valence-electron chi connectivity index (χ1n) is 8.90. The number of fused-ring (bicyclic) bond motifs is 1. The molecule has 2 heterocycles. The summed E-state index contributed by atoms with van der Waals surface area (Å²) in [5, 5.41) is 2.72. The average molecular weight is 372 g/mol. The van der Waals surface area contributed by atoms with Gasteiger partial charge in [-0.05, 0) is 50.2 Å². The maximum Gasteiger partial charge on any atom is 0.255 e. The first kappa shape index (κ1) is 17.6. The van der Waals surface area contributed by atoms with E-state index in [0.717, 1.165) is 0 Å². The highest BCUT2D eigenvalue weighted by Crippen LogP contribution is 2.33. The van der Waals surface area contributed by atoms with Gasteiger partial charge >= 0.3 is 0 Å². The van der Waals surface area contributed by atoms with Gasteiger partial charge in [0.25, 0.3) is 5.91 Å². The molecule has 0 spiro atoms. The summed E-state index contributed by atoms with van der Waals surface area (Å²) in [6.45, 7) is 5.35. The van der Waals surface area contributed by atoms with Crippen LogP contribution in [0.2, 0.25) is 0 Å². The molecule has 2 aromatic carbocycles. The van der Waals surface area contributed by atoms with Gasteiger partial charge in [0.2, 0.25) is 6.79 Å². The normalized spacial score (nSPS) is 21.2. The minimum Gasteiger partial charge on any atom is -0.454 e. The van der Waals surface area contributed by atoms with Gasteiger partial charge in [0.05, 0.1) is 17.9 Å². The molecule has 1 amide bonds. The van der Waals surface area contributed by atoms with Crippen molar-refractivity contribution >= 4 is 17.3 Å². The number of hydrogen-bond donors (Lipinski definition) is 1. The number of morpholine rings is 1. The molecule has 1 N–H and O–H groups in total. The molecule has 0 aliphatic carbocycles. The summed E-state index contributed by atoms with van der Waals surface area (Å²) in [6.07, 6.45) is 0.0806. The molecule has 2 aromatic rings. The maximum atomic E-state index is 14.7. The Kier molecular flexibility index (Phi) is 4.61. The second-order valence-corrected chi connectivity index (χ2v) is 6.85. The topological polar surface area (TPSA) is 60.0 Å². The van der Waals surface area contributed by atoms with Crippen LogP contribution in [0.15, 0.2) is 36.4 Å². The van der Waals surface area contributed by atoms with Crippen molar-refractivity contribution in [2.75, 3.05) is 30.1 Å². The molecule has 2 atom stereocenters. The number of rotatable bonds is 3. The monoisotopic (exact) mass is 372 g/mol. The first-order valence-corrected chi connectivity index (χ1v) is 8.90. The van der Waals surface area contributed by atoms with E-state index in [-0.39, 0.29) is 30.7 Å². The molecule has 7 heteroatoms. The molecule has 0 aromatic heterocycles. The summed E-state index contributed by atoms with van der Waals surface area (Å²) in [4.78, 5) is 14.4. The van der Waals surface area contributed by atoms with Gasteiger partial charge < -0.3 is 24.4 Å². The minimum atomic E-state index is -0.375. The number of nitrogens with zero attached hydrogens (tertiary/aromatic N) is 1.